The van der Waals surface area contributed by atoms with Gasteiger partial charge in [0.15, 0.2) is 5.16 Å². The summed E-state index contributed by atoms with van der Waals surface area (Å²) in [4.78, 5) is 17.0. The van der Waals surface area contributed by atoms with Crippen LogP contribution in [0.2, 0.25) is 0 Å². The summed E-state index contributed by atoms with van der Waals surface area (Å²) in [5.41, 5.74) is 8.05. The summed E-state index contributed by atoms with van der Waals surface area (Å²) >= 11 is 1.42. The van der Waals surface area contributed by atoms with Gasteiger partial charge in [0.25, 0.3) is 5.91 Å². The van der Waals surface area contributed by atoms with E-state index in [9.17, 15) is 4.79 Å². The first-order chi connectivity index (χ1) is 16.2. The van der Waals surface area contributed by atoms with E-state index in [1.165, 1.54) is 33.6 Å². The van der Waals surface area contributed by atoms with Crippen LogP contribution in [0.5, 0.6) is 0 Å². The maximum Gasteiger partial charge on any atom is 0.250 e. The molecule has 5 aromatic rings. The van der Waals surface area contributed by atoms with Gasteiger partial charge in [0, 0.05) is 34.9 Å². The predicted molar refractivity (Wildman–Crippen MR) is 137 cm³/mol. The molecule has 1 N–H and O–H groups in total. The second-order valence-electron chi connectivity index (χ2n) is 7.75. The Morgan fingerprint density at radius 3 is 2.48 bits per heavy atom. The lowest BCUT2D eigenvalue weighted by atomic mass is 10.1. The summed E-state index contributed by atoms with van der Waals surface area (Å²) in [6.45, 7) is 5.96. The number of nitrogens with zero attached hydrogens (tertiary/aromatic N) is 4. The van der Waals surface area contributed by atoms with E-state index in [0.717, 1.165) is 34.8 Å². The van der Waals surface area contributed by atoms with Gasteiger partial charge in [0.1, 0.15) is 0 Å². The maximum absolute atomic E-state index is 12.4. The molecule has 0 saturated carbocycles. The number of nitrogens with one attached hydrogen (secondary N) is 1. The lowest BCUT2D eigenvalue weighted by Gasteiger charge is -2.05. The van der Waals surface area contributed by atoms with E-state index in [4.69, 9.17) is 0 Å². The Kier molecular flexibility index (Phi) is 5.88. The zero-order valence-electron chi connectivity index (χ0n) is 18.7. The van der Waals surface area contributed by atoms with Crippen molar-refractivity contribution in [2.24, 2.45) is 5.10 Å². The zero-order chi connectivity index (χ0) is 22.8. The summed E-state index contributed by atoms with van der Waals surface area (Å²) < 4.78 is 4.44. The molecule has 33 heavy (non-hydrogen) atoms. The molecular formula is C26H25N5OS. The first-order valence-electron chi connectivity index (χ1n) is 11.1. The van der Waals surface area contributed by atoms with Crippen LogP contribution in [0.3, 0.4) is 0 Å². The fraction of sp³-hybridized carbons (Fsp3) is 0.192. The highest BCUT2D eigenvalue weighted by Gasteiger charge is 2.12. The zero-order valence-corrected chi connectivity index (χ0v) is 19.5. The van der Waals surface area contributed by atoms with E-state index >= 15 is 0 Å². The number of carbonyl (C=O) groups is 1. The van der Waals surface area contributed by atoms with Gasteiger partial charge < -0.3 is 9.13 Å². The van der Waals surface area contributed by atoms with Gasteiger partial charge in [0.2, 0.25) is 0 Å². The number of hydrazone groups is 1. The van der Waals surface area contributed by atoms with Gasteiger partial charge in [-0.25, -0.2) is 10.4 Å². The Hall–Kier alpha value is -3.58. The number of thioether (sulfide) groups is 1. The van der Waals surface area contributed by atoms with Gasteiger partial charge in [-0.15, -0.1) is 0 Å². The average molecular weight is 456 g/mol. The average Bonchev–Trinajstić information content (AvgIpc) is 3.37. The number of hydrogen-bond acceptors (Lipinski definition) is 4. The summed E-state index contributed by atoms with van der Waals surface area (Å²) in [5.74, 6) is 0.0959. The molecule has 7 heteroatoms. The molecule has 0 aliphatic rings. The van der Waals surface area contributed by atoms with E-state index in [-0.39, 0.29) is 11.7 Å². The minimum atomic E-state index is -0.158. The third kappa shape index (κ3) is 4.00. The molecule has 0 aliphatic carbocycles. The molecule has 166 valence electrons. The van der Waals surface area contributed by atoms with Crippen LogP contribution in [0.15, 0.2) is 77.0 Å². The lowest BCUT2D eigenvalue weighted by Crippen LogP contribution is -2.20. The quantitative estimate of drug-likeness (QED) is 0.202. The minimum absolute atomic E-state index is 0.158. The van der Waals surface area contributed by atoms with Crippen LogP contribution in [0.25, 0.3) is 32.8 Å². The van der Waals surface area contributed by atoms with E-state index < -0.39 is 0 Å². The molecule has 0 fully saturated rings. The van der Waals surface area contributed by atoms with Crippen molar-refractivity contribution in [1.29, 1.82) is 0 Å². The highest BCUT2D eigenvalue weighted by Crippen LogP contribution is 2.29. The lowest BCUT2D eigenvalue weighted by molar-refractivity contribution is -0.118. The van der Waals surface area contributed by atoms with Crippen molar-refractivity contribution in [2.45, 2.75) is 32.1 Å². The molecule has 6 nitrogen and oxygen atoms in total. The number of para-hydroxylation sites is 3. The van der Waals surface area contributed by atoms with Crippen molar-refractivity contribution in [2.75, 3.05) is 5.75 Å². The summed E-state index contributed by atoms with van der Waals surface area (Å²) in [6, 6.07) is 22.7. The minimum Gasteiger partial charge on any atom is -0.341 e. The molecule has 1 amide bonds. The Balaban J connectivity index is 1.28. The number of benzene rings is 3. The summed E-state index contributed by atoms with van der Waals surface area (Å²) in [6.07, 6.45) is 1.70. The van der Waals surface area contributed by atoms with Crippen molar-refractivity contribution >= 4 is 56.7 Å². The molecule has 0 aliphatic heterocycles. The number of hydrogen-bond donors (Lipinski definition) is 1. The fourth-order valence-corrected chi connectivity index (χ4v) is 5.17. The number of carbonyl (C=O) groups excluding carboxylic acids is 1. The molecule has 3 aromatic carbocycles. The van der Waals surface area contributed by atoms with Crippen LogP contribution in [0, 0.1) is 0 Å². The number of amides is 1. The molecule has 5 rings (SSSR count). The van der Waals surface area contributed by atoms with Gasteiger partial charge in [-0.1, -0.05) is 48.2 Å². The topological polar surface area (TPSA) is 64.2 Å². The summed E-state index contributed by atoms with van der Waals surface area (Å²) in [7, 11) is 0. The maximum atomic E-state index is 12.4. The molecule has 0 spiro atoms. The number of imidazole rings is 1. The van der Waals surface area contributed by atoms with Crippen molar-refractivity contribution < 1.29 is 4.79 Å². The van der Waals surface area contributed by atoms with Crippen molar-refractivity contribution in [1.82, 2.24) is 19.5 Å². The number of fused-ring (bicyclic) bond motifs is 4. The molecule has 0 bridgehead atoms. The van der Waals surface area contributed by atoms with E-state index in [1.54, 1.807) is 6.21 Å². The van der Waals surface area contributed by atoms with E-state index in [0.29, 0.717) is 0 Å². The second kappa shape index (κ2) is 9.11. The van der Waals surface area contributed by atoms with Crippen molar-refractivity contribution in [3.05, 3.63) is 72.3 Å². The Labute approximate surface area is 196 Å². The SMILES string of the molecule is CCn1c(SCC(=O)N/N=C\c2ccc3c(c2)c2ccccc2n3CC)nc2ccccc21. The van der Waals surface area contributed by atoms with Crippen LogP contribution in [-0.2, 0) is 17.9 Å². The molecule has 2 aromatic heterocycles. The van der Waals surface area contributed by atoms with Gasteiger partial charge >= 0.3 is 0 Å². The van der Waals surface area contributed by atoms with Gasteiger partial charge in [0.05, 0.1) is 23.0 Å². The number of aryl methyl sites for hydroxylation is 2. The van der Waals surface area contributed by atoms with Gasteiger partial charge in [-0.2, -0.15) is 5.10 Å². The number of rotatable bonds is 7. The largest absolute Gasteiger partial charge is 0.341 e. The number of aromatic nitrogens is 3. The highest BCUT2D eigenvalue weighted by molar-refractivity contribution is 7.99. The van der Waals surface area contributed by atoms with Crippen LogP contribution in [0.1, 0.15) is 19.4 Å². The normalized spacial score (nSPS) is 11.8. The second-order valence-corrected chi connectivity index (χ2v) is 8.69. The fourth-order valence-electron chi connectivity index (χ4n) is 4.30. The smallest absolute Gasteiger partial charge is 0.250 e. The molecule has 0 radical (unpaired) electrons. The summed E-state index contributed by atoms with van der Waals surface area (Å²) in [5, 5.41) is 7.44. The third-order valence-electron chi connectivity index (χ3n) is 5.78. The highest BCUT2D eigenvalue weighted by atomic mass is 32.2. The Bertz CT molecular complexity index is 1500. The third-order valence-corrected chi connectivity index (χ3v) is 6.76. The molecule has 0 saturated heterocycles. The molecule has 0 unspecified atom stereocenters. The first kappa shape index (κ1) is 21.3. The van der Waals surface area contributed by atoms with Gasteiger partial charge in [-0.3, -0.25) is 4.79 Å². The van der Waals surface area contributed by atoms with E-state index in [2.05, 4.69) is 81.0 Å². The Morgan fingerprint density at radius 1 is 0.939 bits per heavy atom. The van der Waals surface area contributed by atoms with Crippen LogP contribution >= 0.6 is 11.8 Å². The first-order valence-corrected chi connectivity index (χ1v) is 12.1. The van der Waals surface area contributed by atoms with Crippen LogP contribution < -0.4 is 5.43 Å². The predicted octanol–water partition coefficient (Wildman–Crippen LogP) is 5.43. The molecule has 0 atom stereocenters. The molecular weight excluding hydrogens is 430 g/mol. The monoisotopic (exact) mass is 455 g/mol. The Morgan fingerprint density at radius 2 is 1.67 bits per heavy atom. The van der Waals surface area contributed by atoms with Crippen molar-refractivity contribution in [3.8, 4) is 0 Å². The van der Waals surface area contributed by atoms with E-state index in [1.807, 2.05) is 24.3 Å². The van der Waals surface area contributed by atoms with Crippen LogP contribution in [-0.4, -0.2) is 32.0 Å². The van der Waals surface area contributed by atoms with Gasteiger partial charge in [-0.05, 0) is 49.7 Å². The molecule has 2 heterocycles. The van der Waals surface area contributed by atoms with Crippen LogP contribution in [0.4, 0.5) is 0 Å². The van der Waals surface area contributed by atoms with Crippen molar-refractivity contribution in [3.63, 3.8) is 0 Å². The standard InChI is InChI=1S/C26H25N5OS/c1-3-30-22-11-7-5-9-19(22)20-15-18(13-14-23(20)30)16-27-29-25(32)17-33-26-28-21-10-6-8-12-24(21)31(26)4-2/h5-16H,3-4,17H2,1-2H3,(H,29,32)/b27-16-.